The first kappa shape index (κ1) is 12.0. The van der Waals surface area contributed by atoms with Gasteiger partial charge in [0.15, 0.2) is 0 Å². The largest absolute Gasteiger partial charge is 0.481 e. The van der Waals surface area contributed by atoms with E-state index in [4.69, 9.17) is 0 Å². The number of anilines is 1. The van der Waals surface area contributed by atoms with Gasteiger partial charge in [-0.3, -0.25) is 4.79 Å². The van der Waals surface area contributed by atoms with Crippen LogP contribution < -0.4 is 4.90 Å². The van der Waals surface area contributed by atoms with Crippen LogP contribution in [0.15, 0.2) is 30.3 Å². The van der Waals surface area contributed by atoms with E-state index < -0.39 is 5.97 Å². The number of hydrogen-bond donors (Lipinski definition) is 1. The molecule has 1 aromatic carbocycles. The Kier molecular flexibility index (Phi) is 3.67. The number of carboxylic acid groups (broad SMARTS) is 1. The molecule has 3 nitrogen and oxygen atoms in total. The first-order valence-electron chi connectivity index (χ1n) is 6.28. The van der Waals surface area contributed by atoms with E-state index in [0.717, 1.165) is 31.5 Å². The Hall–Kier alpha value is -1.51. The monoisotopic (exact) mass is 233 g/mol. The lowest BCUT2D eigenvalue weighted by atomic mass is 9.87. The van der Waals surface area contributed by atoms with E-state index in [0.29, 0.717) is 0 Å². The number of rotatable bonds is 3. The van der Waals surface area contributed by atoms with Crippen molar-refractivity contribution >= 4 is 11.7 Å². The smallest absolute Gasteiger partial charge is 0.308 e. The fourth-order valence-electron chi connectivity index (χ4n) is 2.79. The summed E-state index contributed by atoms with van der Waals surface area (Å²) < 4.78 is 0. The predicted molar refractivity (Wildman–Crippen MR) is 68.2 cm³/mol. The lowest BCUT2D eigenvalue weighted by molar-refractivity contribution is -0.143. The van der Waals surface area contributed by atoms with Crippen molar-refractivity contribution in [3.05, 3.63) is 30.3 Å². The van der Waals surface area contributed by atoms with Crippen molar-refractivity contribution in [1.29, 1.82) is 0 Å². The van der Waals surface area contributed by atoms with Crippen LogP contribution in [-0.2, 0) is 4.79 Å². The molecule has 2 rings (SSSR count). The number of carbonyl (C=O) groups is 1. The minimum Gasteiger partial charge on any atom is -0.481 e. The first-order valence-corrected chi connectivity index (χ1v) is 6.28. The second kappa shape index (κ2) is 5.21. The van der Waals surface area contributed by atoms with E-state index in [1.165, 1.54) is 0 Å². The SMILES string of the molecule is CC[C@@H]1[C@@H](C(=O)O)CCCN1c1ccccc1. The van der Waals surface area contributed by atoms with Crippen molar-refractivity contribution < 1.29 is 9.90 Å². The van der Waals surface area contributed by atoms with E-state index in [-0.39, 0.29) is 12.0 Å². The molecule has 2 atom stereocenters. The number of hydrogen-bond acceptors (Lipinski definition) is 2. The molecule has 1 heterocycles. The molecule has 0 aromatic heterocycles. The van der Waals surface area contributed by atoms with Gasteiger partial charge in [0, 0.05) is 18.3 Å². The van der Waals surface area contributed by atoms with Crippen LogP contribution in [0.1, 0.15) is 26.2 Å². The Morgan fingerprint density at radius 3 is 2.71 bits per heavy atom. The van der Waals surface area contributed by atoms with E-state index in [1.54, 1.807) is 0 Å². The lowest BCUT2D eigenvalue weighted by Gasteiger charge is -2.40. The third-order valence-corrected chi connectivity index (χ3v) is 3.60. The number of aliphatic carboxylic acids is 1. The van der Waals surface area contributed by atoms with Crippen LogP contribution in [0, 0.1) is 5.92 Å². The quantitative estimate of drug-likeness (QED) is 0.872. The number of carboxylic acids is 1. The highest BCUT2D eigenvalue weighted by molar-refractivity contribution is 5.72. The molecule has 0 amide bonds. The standard InChI is InChI=1S/C14H19NO2/c1-2-13-12(14(16)17)9-6-10-15(13)11-7-4-3-5-8-11/h3-5,7-8,12-13H,2,6,9-10H2,1H3,(H,16,17)/t12-,13+/m0/s1. The Balaban J connectivity index is 2.24. The van der Waals surface area contributed by atoms with E-state index in [2.05, 4.69) is 24.0 Å². The Bertz CT molecular complexity index is 377. The predicted octanol–water partition coefficient (Wildman–Crippen LogP) is 2.77. The lowest BCUT2D eigenvalue weighted by Crippen LogP contribution is -2.47. The van der Waals surface area contributed by atoms with Gasteiger partial charge in [0.2, 0.25) is 0 Å². The van der Waals surface area contributed by atoms with Gasteiger partial charge in [-0.1, -0.05) is 25.1 Å². The molecule has 0 radical (unpaired) electrons. The van der Waals surface area contributed by atoms with Gasteiger partial charge in [0.25, 0.3) is 0 Å². The average molecular weight is 233 g/mol. The average Bonchev–Trinajstić information content (AvgIpc) is 2.38. The Morgan fingerprint density at radius 1 is 1.41 bits per heavy atom. The van der Waals surface area contributed by atoms with Crippen molar-refractivity contribution in [3.63, 3.8) is 0 Å². The summed E-state index contributed by atoms with van der Waals surface area (Å²) in [5.41, 5.74) is 1.14. The van der Waals surface area contributed by atoms with Crippen LogP contribution in [0.2, 0.25) is 0 Å². The fourth-order valence-corrected chi connectivity index (χ4v) is 2.79. The molecule has 3 heteroatoms. The van der Waals surface area contributed by atoms with E-state index in [9.17, 15) is 9.90 Å². The minimum absolute atomic E-state index is 0.128. The van der Waals surface area contributed by atoms with Crippen LogP contribution in [0.5, 0.6) is 0 Å². The second-order valence-corrected chi connectivity index (χ2v) is 4.59. The molecule has 0 bridgehead atoms. The summed E-state index contributed by atoms with van der Waals surface area (Å²) in [7, 11) is 0. The molecule has 0 spiro atoms. The maximum absolute atomic E-state index is 11.3. The number of para-hydroxylation sites is 1. The molecule has 1 aliphatic heterocycles. The molecule has 0 unspecified atom stereocenters. The number of nitrogens with zero attached hydrogens (tertiary/aromatic N) is 1. The molecule has 1 aliphatic rings. The van der Waals surface area contributed by atoms with Gasteiger partial charge in [-0.15, -0.1) is 0 Å². The highest BCUT2D eigenvalue weighted by atomic mass is 16.4. The van der Waals surface area contributed by atoms with Gasteiger partial charge >= 0.3 is 5.97 Å². The molecule has 0 aliphatic carbocycles. The van der Waals surface area contributed by atoms with Crippen LogP contribution in [-0.4, -0.2) is 23.7 Å². The number of benzene rings is 1. The maximum atomic E-state index is 11.3. The van der Waals surface area contributed by atoms with Gasteiger partial charge in [-0.2, -0.15) is 0 Å². The molecular weight excluding hydrogens is 214 g/mol. The molecule has 1 aromatic rings. The van der Waals surface area contributed by atoms with Crippen LogP contribution in [0.25, 0.3) is 0 Å². The van der Waals surface area contributed by atoms with Gasteiger partial charge in [0.1, 0.15) is 0 Å². The van der Waals surface area contributed by atoms with Crippen molar-refractivity contribution in [2.24, 2.45) is 5.92 Å². The van der Waals surface area contributed by atoms with E-state index in [1.807, 2.05) is 18.2 Å². The maximum Gasteiger partial charge on any atom is 0.308 e. The zero-order chi connectivity index (χ0) is 12.3. The van der Waals surface area contributed by atoms with Crippen molar-refractivity contribution in [3.8, 4) is 0 Å². The van der Waals surface area contributed by atoms with E-state index >= 15 is 0 Å². The summed E-state index contributed by atoms with van der Waals surface area (Å²) in [4.78, 5) is 13.5. The van der Waals surface area contributed by atoms with Crippen LogP contribution in [0.3, 0.4) is 0 Å². The molecule has 1 saturated heterocycles. The molecule has 1 fully saturated rings. The number of piperidine rings is 1. The molecule has 1 N–H and O–H groups in total. The molecule has 0 saturated carbocycles. The normalized spacial score (nSPS) is 24.6. The third-order valence-electron chi connectivity index (χ3n) is 3.60. The summed E-state index contributed by atoms with van der Waals surface area (Å²) in [5.74, 6) is -0.883. The van der Waals surface area contributed by atoms with Crippen molar-refractivity contribution in [2.45, 2.75) is 32.2 Å². The zero-order valence-corrected chi connectivity index (χ0v) is 10.2. The van der Waals surface area contributed by atoms with Gasteiger partial charge in [-0.25, -0.2) is 0 Å². The molecule has 92 valence electrons. The third kappa shape index (κ3) is 2.43. The first-order chi connectivity index (χ1) is 8.24. The highest BCUT2D eigenvalue weighted by Gasteiger charge is 2.34. The Morgan fingerprint density at radius 2 is 2.12 bits per heavy atom. The topological polar surface area (TPSA) is 40.5 Å². The van der Waals surface area contributed by atoms with Crippen LogP contribution >= 0.6 is 0 Å². The summed E-state index contributed by atoms with van der Waals surface area (Å²) in [6.07, 6.45) is 2.64. The fraction of sp³-hybridized carbons (Fsp3) is 0.500. The van der Waals surface area contributed by atoms with Crippen molar-refractivity contribution in [2.75, 3.05) is 11.4 Å². The Labute approximate surface area is 102 Å². The summed E-state index contributed by atoms with van der Waals surface area (Å²) in [6, 6.07) is 10.3. The zero-order valence-electron chi connectivity index (χ0n) is 10.2. The summed E-state index contributed by atoms with van der Waals surface area (Å²) in [5, 5.41) is 9.28. The molecular formula is C14H19NO2. The summed E-state index contributed by atoms with van der Waals surface area (Å²) >= 11 is 0. The molecule has 17 heavy (non-hydrogen) atoms. The van der Waals surface area contributed by atoms with Crippen LogP contribution in [0.4, 0.5) is 5.69 Å². The van der Waals surface area contributed by atoms with Crippen molar-refractivity contribution in [1.82, 2.24) is 0 Å². The summed E-state index contributed by atoms with van der Waals surface area (Å²) in [6.45, 7) is 3.04. The van der Waals surface area contributed by atoms with Gasteiger partial charge < -0.3 is 10.0 Å². The van der Waals surface area contributed by atoms with Gasteiger partial charge in [0.05, 0.1) is 5.92 Å². The second-order valence-electron chi connectivity index (χ2n) is 4.59. The van der Waals surface area contributed by atoms with Gasteiger partial charge in [-0.05, 0) is 31.4 Å². The highest BCUT2D eigenvalue weighted by Crippen LogP contribution is 2.30. The minimum atomic E-state index is -0.655.